The number of nitrogens with two attached hydrogens (primary N) is 2. The van der Waals surface area contributed by atoms with E-state index in [1.165, 1.54) is 6.33 Å². The summed E-state index contributed by atoms with van der Waals surface area (Å²) in [5.41, 5.74) is 12.1. The van der Waals surface area contributed by atoms with Crippen LogP contribution >= 0.6 is 23.2 Å². The number of primary amides is 1. The lowest BCUT2D eigenvalue weighted by Gasteiger charge is -2.04. The van der Waals surface area contributed by atoms with Crippen molar-refractivity contribution in [2.45, 2.75) is 0 Å². The van der Waals surface area contributed by atoms with E-state index in [9.17, 15) is 4.79 Å². The molecule has 0 saturated carbocycles. The number of carbonyl (C=O) groups is 1. The minimum atomic E-state index is -0.891. The van der Waals surface area contributed by atoms with Gasteiger partial charge in [-0.15, -0.1) is 0 Å². The van der Waals surface area contributed by atoms with Gasteiger partial charge < -0.3 is 11.5 Å². The van der Waals surface area contributed by atoms with E-state index in [0.717, 1.165) is 5.56 Å². The molecule has 6 nitrogen and oxygen atoms in total. The third-order valence-electron chi connectivity index (χ3n) is 2.38. The van der Waals surface area contributed by atoms with E-state index in [2.05, 4.69) is 15.0 Å². The molecule has 2 aromatic rings. The van der Waals surface area contributed by atoms with Crippen molar-refractivity contribution in [2.75, 3.05) is 0 Å². The molecule has 1 aromatic carbocycles. The average molecular weight is 310 g/mol. The monoisotopic (exact) mass is 309 g/mol. The average Bonchev–Trinajstić information content (AvgIpc) is 2.41. The molecular weight excluding hydrogens is 301 g/mol. The minimum absolute atomic E-state index is 0.0822. The number of amidine groups is 1. The topological polar surface area (TPSA) is 107 Å². The molecule has 0 aliphatic carbocycles. The maximum Gasteiger partial charge on any atom is 0.340 e. The van der Waals surface area contributed by atoms with Gasteiger partial charge in [0, 0.05) is 5.56 Å². The van der Waals surface area contributed by atoms with Gasteiger partial charge in [-0.05, 0) is 18.2 Å². The number of rotatable bonds is 2. The standard InChI is InChI=1S/C12H9Cl2N5O/c13-7-2-1-6(3-8(7)14)9-4-10(18-5-17-9)11(15)19-12(16)20/h1-5H,(H4,15,16,19,20). The number of carbonyl (C=O) groups excluding carboxylic acids is 1. The highest BCUT2D eigenvalue weighted by atomic mass is 35.5. The molecule has 0 spiro atoms. The second-order valence-corrected chi connectivity index (χ2v) is 4.57. The van der Waals surface area contributed by atoms with E-state index in [1.54, 1.807) is 24.3 Å². The number of hydrogen-bond acceptors (Lipinski definition) is 3. The lowest BCUT2D eigenvalue weighted by Crippen LogP contribution is -2.19. The van der Waals surface area contributed by atoms with Crippen LogP contribution in [0.4, 0.5) is 4.79 Å². The number of benzene rings is 1. The van der Waals surface area contributed by atoms with Crippen molar-refractivity contribution in [1.82, 2.24) is 9.97 Å². The van der Waals surface area contributed by atoms with Crippen LogP contribution in [0.2, 0.25) is 10.0 Å². The van der Waals surface area contributed by atoms with Crippen molar-refractivity contribution in [1.29, 1.82) is 0 Å². The second kappa shape index (κ2) is 5.85. The first-order valence-corrected chi connectivity index (χ1v) is 6.14. The summed E-state index contributed by atoms with van der Waals surface area (Å²) < 4.78 is 0. The first kappa shape index (κ1) is 14.2. The number of aliphatic imine (C=N–C) groups is 1. The molecular formula is C12H9Cl2N5O. The Morgan fingerprint density at radius 3 is 2.50 bits per heavy atom. The first-order chi connectivity index (χ1) is 9.47. The summed E-state index contributed by atoms with van der Waals surface area (Å²) in [6, 6.07) is 5.75. The van der Waals surface area contributed by atoms with Crippen molar-refractivity contribution in [3.8, 4) is 11.3 Å². The highest BCUT2D eigenvalue weighted by Gasteiger charge is 2.07. The van der Waals surface area contributed by atoms with E-state index in [4.69, 9.17) is 34.7 Å². The van der Waals surface area contributed by atoms with Crippen molar-refractivity contribution in [3.05, 3.63) is 46.3 Å². The van der Waals surface area contributed by atoms with Crippen LogP contribution in [0.15, 0.2) is 35.6 Å². The Balaban J connectivity index is 2.44. The fourth-order valence-corrected chi connectivity index (χ4v) is 1.78. The number of halogens is 2. The van der Waals surface area contributed by atoms with E-state index < -0.39 is 6.03 Å². The smallest absolute Gasteiger partial charge is 0.340 e. The van der Waals surface area contributed by atoms with Gasteiger partial charge in [0.1, 0.15) is 12.0 Å². The van der Waals surface area contributed by atoms with Crippen LogP contribution < -0.4 is 11.5 Å². The third kappa shape index (κ3) is 3.23. The molecule has 0 fully saturated rings. The van der Waals surface area contributed by atoms with Gasteiger partial charge in [0.25, 0.3) is 0 Å². The minimum Gasteiger partial charge on any atom is -0.382 e. The molecule has 0 unspecified atom stereocenters. The third-order valence-corrected chi connectivity index (χ3v) is 3.11. The SMILES string of the molecule is NC(=O)N=C(N)c1cc(-c2ccc(Cl)c(Cl)c2)ncn1. The molecule has 0 radical (unpaired) electrons. The van der Waals surface area contributed by atoms with Gasteiger partial charge in [0.2, 0.25) is 0 Å². The lowest BCUT2D eigenvalue weighted by molar-refractivity contribution is 0.256. The molecule has 0 aliphatic heterocycles. The molecule has 1 aromatic heterocycles. The van der Waals surface area contributed by atoms with Crippen molar-refractivity contribution < 1.29 is 4.79 Å². The molecule has 8 heteroatoms. The fourth-order valence-electron chi connectivity index (χ4n) is 1.49. The van der Waals surface area contributed by atoms with E-state index in [0.29, 0.717) is 21.4 Å². The molecule has 0 saturated heterocycles. The van der Waals surface area contributed by atoms with Crippen molar-refractivity contribution in [2.24, 2.45) is 16.5 Å². The summed E-state index contributed by atoms with van der Waals surface area (Å²) in [4.78, 5) is 22.1. The summed E-state index contributed by atoms with van der Waals surface area (Å²) in [5, 5.41) is 0.850. The first-order valence-electron chi connectivity index (χ1n) is 5.39. The zero-order chi connectivity index (χ0) is 14.7. The molecule has 0 aliphatic rings. The van der Waals surface area contributed by atoms with Gasteiger partial charge in [-0.3, -0.25) is 0 Å². The van der Waals surface area contributed by atoms with Crippen LogP contribution in [-0.2, 0) is 0 Å². The molecule has 0 atom stereocenters. The van der Waals surface area contributed by atoms with E-state index >= 15 is 0 Å². The summed E-state index contributed by atoms with van der Waals surface area (Å²) in [6.45, 7) is 0. The van der Waals surface area contributed by atoms with Gasteiger partial charge in [-0.25, -0.2) is 14.8 Å². The highest BCUT2D eigenvalue weighted by Crippen LogP contribution is 2.27. The van der Waals surface area contributed by atoms with E-state index in [1.807, 2.05) is 0 Å². The number of nitrogens with zero attached hydrogens (tertiary/aromatic N) is 3. The van der Waals surface area contributed by atoms with Crippen molar-refractivity contribution in [3.63, 3.8) is 0 Å². The maximum absolute atomic E-state index is 10.7. The van der Waals surface area contributed by atoms with Gasteiger partial charge in [0.05, 0.1) is 15.7 Å². The Hall–Kier alpha value is -2.18. The number of urea groups is 1. The molecule has 1 heterocycles. The number of amides is 2. The highest BCUT2D eigenvalue weighted by molar-refractivity contribution is 6.42. The van der Waals surface area contributed by atoms with Crippen LogP contribution in [0, 0.1) is 0 Å². The summed E-state index contributed by atoms with van der Waals surface area (Å²) in [7, 11) is 0. The molecule has 102 valence electrons. The Bertz CT molecular complexity index is 702. The molecule has 4 N–H and O–H groups in total. The van der Waals surface area contributed by atoms with Crippen molar-refractivity contribution >= 4 is 35.1 Å². The zero-order valence-corrected chi connectivity index (χ0v) is 11.6. The van der Waals surface area contributed by atoms with Gasteiger partial charge in [-0.1, -0.05) is 29.3 Å². The Kier molecular flexibility index (Phi) is 4.16. The Morgan fingerprint density at radius 1 is 1.10 bits per heavy atom. The maximum atomic E-state index is 10.7. The summed E-state index contributed by atoms with van der Waals surface area (Å²) >= 11 is 11.8. The van der Waals surface area contributed by atoms with E-state index in [-0.39, 0.29) is 5.84 Å². The van der Waals surface area contributed by atoms with Crippen LogP contribution in [0.25, 0.3) is 11.3 Å². The summed E-state index contributed by atoms with van der Waals surface area (Å²) in [6.07, 6.45) is 1.30. The molecule has 2 rings (SSSR count). The lowest BCUT2D eigenvalue weighted by atomic mass is 10.1. The molecule has 2 amide bonds. The zero-order valence-electron chi connectivity index (χ0n) is 10.0. The normalized spacial score (nSPS) is 11.4. The summed E-state index contributed by atoms with van der Waals surface area (Å²) in [5.74, 6) is -0.0822. The van der Waals surface area contributed by atoms with Crippen LogP contribution in [0.3, 0.4) is 0 Å². The number of hydrogen-bond donors (Lipinski definition) is 2. The van der Waals surface area contributed by atoms with Crippen LogP contribution in [-0.4, -0.2) is 21.8 Å². The molecule has 0 bridgehead atoms. The van der Waals surface area contributed by atoms with Crippen LogP contribution in [0.1, 0.15) is 5.69 Å². The van der Waals surface area contributed by atoms with Gasteiger partial charge >= 0.3 is 6.03 Å². The predicted octanol–water partition coefficient (Wildman–Crippen LogP) is 2.23. The number of aromatic nitrogens is 2. The quantitative estimate of drug-likeness (QED) is 0.655. The van der Waals surface area contributed by atoms with Gasteiger partial charge in [-0.2, -0.15) is 4.99 Å². The second-order valence-electron chi connectivity index (χ2n) is 3.75. The molecule has 20 heavy (non-hydrogen) atoms. The fraction of sp³-hybridized carbons (Fsp3) is 0. The predicted molar refractivity (Wildman–Crippen MR) is 77.8 cm³/mol. The Labute approximate surface area is 124 Å². The Morgan fingerprint density at radius 2 is 1.85 bits per heavy atom. The van der Waals surface area contributed by atoms with Crippen LogP contribution in [0.5, 0.6) is 0 Å². The largest absolute Gasteiger partial charge is 0.382 e. The van der Waals surface area contributed by atoms with Gasteiger partial charge in [0.15, 0.2) is 5.84 Å².